The van der Waals surface area contributed by atoms with E-state index >= 15 is 0 Å². The summed E-state index contributed by atoms with van der Waals surface area (Å²) in [6.07, 6.45) is 0.757. The zero-order valence-corrected chi connectivity index (χ0v) is 9.16. The van der Waals surface area contributed by atoms with Crippen molar-refractivity contribution in [2.45, 2.75) is 19.4 Å². The maximum Gasteiger partial charge on any atom is 0.319 e. The largest absolute Gasteiger partial charge is 0.334 e. The van der Waals surface area contributed by atoms with Gasteiger partial charge < -0.3 is 16.4 Å². The second-order valence-corrected chi connectivity index (χ2v) is 3.45. The van der Waals surface area contributed by atoms with Gasteiger partial charge >= 0.3 is 6.03 Å². The number of urea groups is 1. The zero-order chi connectivity index (χ0) is 12.0. The summed E-state index contributed by atoms with van der Waals surface area (Å²) in [5.74, 6) is -0.385. The highest BCUT2D eigenvalue weighted by molar-refractivity contribution is 5.89. The normalized spacial score (nSPS) is 11.9. The smallest absolute Gasteiger partial charge is 0.319 e. The fourth-order valence-corrected chi connectivity index (χ4v) is 1.25. The van der Waals surface area contributed by atoms with Crippen LogP contribution in [-0.2, 0) is 0 Å². The molecule has 1 aromatic carbocycles. The van der Waals surface area contributed by atoms with E-state index in [4.69, 9.17) is 5.73 Å². The Morgan fingerprint density at radius 1 is 1.56 bits per heavy atom. The molecule has 5 heteroatoms. The lowest BCUT2D eigenvalue weighted by Gasteiger charge is -2.15. The lowest BCUT2D eigenvalue weighted by atomic mass is 10.2. The zero-order valence-electron chi connectivity index (χ0n) is 9.16. The summed E-state index contributed by atoms with van der Waals surface area (Å²) in [6, 6.07) is 5.29. The van der Waals surface area contributed by atoms with Gasteiger partial charge in [-0.1, -0.05) is 13.0 Å². The maximum absolute atomic E-state index is 12.8. The summed E-state index contributed by atoms with van der Waals surface area (Å²) >= 11 is 0. The number of amides is 2. The first-order valence-corrected chi connectivity index (χ1v) is 5.19. The van der Waals surface area contributed by atoms with Crippen LogP contribution in [0.5, 0.6) is 0 Å². The van der Waals surface area contributed by atoms with Crippen LogP contribution >= 0.6 is 0 Å². The molecule has 0 saturated carbocycles. The summed E-state index contributed by atoms with van der Waals surface area (Å²) in [6.45, 7) is 2.31. The Balaban J connectivity index is 2.51. The minimum absolute atomic E-state index is 0.0615. The molecule has 0 spiro atoms. The average Bonchev–Trinajstić information content (AvgIpc) is 2.26. The van der Waals surface area contributed by atoms with Crippen molar-refractivity contribution in [1.82, 2.24) is 5.32 Å². The second-order valence-electron chi connectivity index (χ2n) is 3.45. The van der Waals surface area contributed by atoms with Crippen molar-refractivity contribution in [3.63, 3.8) is 0 Å². The van der Waals surface area contributed by atoms with Crippen molar-refractivity contribution in [1.29, 1.82) is 0 Å². The Morgan fingerprint density at radius 2 is 2.31 bits per heavy atom. The second kappa shape index (κ2) is 6.07. The predicted octanol–water partition coefficient (Wildman–Crippen LogP) is 1.68. The van der Waals surface area contributed by atoms with Crippen LogP contribution in [0, 0.1) is 5.82 Å². The summed E-state index contributed by atoms with van der Waals surface area (Å²) in [5.41, 5.74) is 5.87. The minimum Gasteiger partial charge on any atom is -0.334 e. The van der Waals surface area contributed by atoms with Crippen molar-refractivity contribution in [2.24, 2.45) is 5.73 Å². The SMILES string of the molecule is CCC(CN)NC(=O)Nc1cccc(F)c1. The van der Waals surface area contributed by atoms with E-state index in [1.165, 1.54) is 18.2 Å². The number of nitrogens with two attached hydrogens (primary N) is 1. The molecule has 0 bridgehead atoms. The lowest BCUT2D eigenvalue weighted by molar-refractivity contribution is 0.248. The third-order valence-electron chi connectivity index (χ3n) is 2.20. The van der Waals surface area contributed by atoms with Crippen molar-refractivity contribution in [3.8, 4) is 0 Å². The first-order chi connectivity index (χ1) is 7.65. The van der Waals surface area contributed by atoms with Gasteiger partial charge in [-0.2, -0.15) is 0 Å². The fraction of sp³-hybridized carbons (Fsp3) is 0.364. The molecule has 0 aliphatic carbocycles. The highest BCUT2D eigenvalue weighted by atomic mass is 19.1. The summed E-state index contributed by atoms with van der Waals surface area (Å²) in [4.78, 5) is 11.5. The Bertz CT molecular complexity index is 353. The van der Waals surface area contributed by atoms with E-state index in [0.29, 0.717) is 12.2 Å². The fourth-order valence-electron chi connectivity index (χ4n) is 1.25. The molecule has 16 heavy (non-hydrogen) atoms. The first-order valence-electron chi connectivity index (χ1n) is 5.19. The molecule has 0 heterocycles. The topological polar surface area (TPSA) is 67.1 Å². The first kappa shape index (κ1) is 12.4. The number of halogens is 1. The van der Waals surface area contributed by atoms with Gasteiger partial charge in [0.05, 0.1) is 0 Å². The van der Waals surface area contributed by atoms with Crippen LogP contribution in [0.1, 0.15) is 13.3 Å². The van der Waals surface area contributed by atoms with Crippen LogP contribution in [0.25, 0.3) is 0 Å². The van der Waals surface area contributed by atoms with Gasteiger partial charge in [-0.05, 0) is 24.6 Å². The average molecular weight is 225 g/mol. The number of hydrogen-bond donors (Lipinski definition) is 3. The van der Waals surface area contributed by atoms with Gasteiger partial charge in [0.15, 0.2) is 0 Å². The van der Waals surface area contributed by atoms with Gasteiger partial charge in [-0.25, -0.2) is 9.18 Å². The monoisotopic (exact) mass is 225 g/mol. The van der Waals surface area contributed by atoms with Crippen LogP contribution in [-0.4, -0.2) is 18.6 Å². The highest BCUT2D eigenvalue weighted by Crippen LogP contribution is 2.08. The van der Waals surface area contributed by atoms with E-state index in [0.717, 1.165) is 6.42 Å². The predicted molar refractivity (Wildman–Crippen MR) is 61.7 cm³/mol. The van der Waals surface area contributed by atoms with Gasteiger partial charge in [-0.3, -0.25) is 0 Å². The van der Waals surface area contributed by atoms with Crippen molar-refractivity contribution >= 4 is 11.7 Å². The van der Waals surface area contributed by atoms with E-state index in [2.05, 4.69) is 10.6 Å². The molecule has 88 valence electrons. The molecule has 1 unspecified atom stereocenters. The minimum atomic E-state index is -0.385. The molecule has 0 saturated heterocycles. The number of carbonyl (C=O) groups excluding carboxylic acids is 1. The van der Waals surface area contributed by atoms with Gasteiger partial charge in [0, 0.05) is 18.3 Å². The van der Waals surface area contributed by atoms with Crippen LogP contribution in [0.2, 0.25) is 0 Å². The third-order valence-corrected chi connectivity index (χ3v) is 2.20. The summed E-state index contributed by atoms with van der Waals surface area (Å²) in [5, 5.41) is 5.22. The molecule has 0 fully saturated rings. The van der Waals surface area contributed by atoms with E-state index in [1.807, 2.05) is 6.92 Å². The van der Waals surface area contributed by atoms with Crippen LogP contribution < -0.4 is 16.4 Å². The Hall–Kier alpha value is -1.62. The molecule has 2 amide bonds. The molecule has 1 rings (SSSR count). The summed E-state index contributed by atoms with van der Waals surface area (Å²) in [7, 11) is 0. The molecule has 0 aromatic heterocycles. The molecule has 4 nitrogen and oxygen atoms in total. The molecule has 0 radical (unpaired) electrons. The molecular formula is C11H16FN3O. The van der Waals surface area contributed by atoms with Crippen LogP contribution in [0.4, 0.5) is 14.9 Å². The third kappa shape index (κ3) is 3.86. The molecule has 4 N–H and O–H groups in total. The number of nitrogens with one attached hydrogen (secondary N) is 2. The van der Waals surface area contributed by atoms with Crippen molar-refractivity contribution in [2.75, 3.05) is 11.9 Å². The number of rotatable bonds is 4. The van der Waals surface area contributed by atoms with Gasteiger partial charge in [0.25, 0.3) is 0 Å². The number of hydrogen-bond acceptors (Lipinski definition) is 2. The Morgan fingerprint density at radius 3 is 2.88 bits per heavy atom. The quantitative estimate of drug-likeness (QED) is 0.729. The molecule has 1 aromatic rings. The van der Waals surface area contributed by atoms with Gasteiger partial charge in [0.1, 0.15) is 5.82 Å². The van der Waals surface area contributed by atoms with Crippen molar-refractivity contribution in [3.05, 3.63) is 30.1 Å². The Kier molecular flexibility index (Phi) is 4.72. The van der Waals surface area contributed by atoms with E-state index in [1.54, 1.807) is 6.07 Å². The number of benzene rings is 1. The van der Waals surface area contributed by atoms with Crippen molar-refractivity contribution < 1.29 is 9.18 Å². The Labute approximate surface area is 94.0 Å². The molecule has 0 aliphatic heterocycles. The summed E-state index contributed by atoms with van der Waals surface area (Å²) < 4.78 is 12.8. The van der Waals surface area contributed by atoms with E-state index < -0.39 is 0 Å². The van der Waals surface area contributed by atoms with Gasteiger partial charge in [0.2, 0.25) is 0 Å². The van der Waals surface area contributed by atoms with E-state index in [-0.39, 0.29) is 17.9 Å². The van der Waals surface area contributed by atoms with Gasteiger partial charge in [-0.15, -0.1) is 0 Å². The van der Waals surface area contributed by atoms with E-state index in [9.17, 15) is 9.18 Å². The molecule has 0 aliphatic rings. The number of carbonyl (C=O) groups is 1. The molecular weight excluding hydrogens is 209 g/mol. The highest BCUT2D eigenvalue weighted by Gasteiger charge is 2.08. The van der Waals surface area contributed by atoms with Crippen LogP contribution in [0.3, 0.4) is 0 Å². The molecule has 1 atom stereocenters. The maximum atomic E-state index is 12.8. The number of anilines is 1. The lowest BCUT2D eigenvalue weighted by Crippen LogP contribution is -2.41. The van der Waals surface area contributed by atoms with Crippen LogP contribution in [0.15, 0.2) is 24.3 Å². The standard InChI is InChI=1S/C11H16FN3O/c1-2-9(7-13)14-11(16)15-10-5-3-4-8(12)6-10/h3-6,9H,2,7,13H2,1H3,(H2,14,15,16).